The highest BCUT2D eigenvalue weighted by Gasteiger charge is 2.35. The van der Waals surface area contributed by atoms with Crippen LogP contribution in [0.5, 0.6) is 0 Å². The van der Waals surface area contributed by atoms with Crippen molar-refractivity contribution in [3.63, 3.8) is 0 Å². The fraction of sp³-hybridized carbons (Fsp3) is 0.917. The molecule has 1 unspecified atom stereocenters. The van der Waals surface area contributed by atoms with Crippen LogP contribution in [0, 0.1) is 5.41 Å². The Bertz CT molecular complexity index is 445. The minimum atomic E-state index is -3.33. The van der Waals surface area contributed by atoms with Gasteiger partial charge in [-0.3, -0.25) is 10.3 Å². The Balaban J connectivity index is 1.96. The molecule has 2 fully saturated rings. The SMILES string of the molecule is CC1CCCCN1S(=O)(=O)N1CCN(CC(=N)N)CC1. The lowest BCUT2D eigenvalue weighted by molar-refractivity contribution is 0.186. The maximum atomic E-state index is 12.6. The van der Waals surface area contributed by atoms with Crippen LogP contribution in [0.25, 0.3) is 0 Å². The molecule has 8 heteroatoms. The fourth-order valence-corrected chi connectivity index (χ4v) is 4.76. The number of rotatable bonds is 4. The van der Waals surface area contributed by atoms with E-state index in [9.17, 15) is 8.42 Å². The summed E-state index contributed by atoms with van der Waals surface area (Å²) in [6.07, 6.45) is 3.01. The van der Waals surface area contributed by atoms with E-state index in [1.54, 1.807) is 8.61 Å². The van der Waals surface area contributed by atoms with E-state index in [-0.39, 0.29) is 11.9 Å². The number of hydrogen-bond donors (Lipinski definition) is 2. The van der Waals surface area contributed by atoms with Gasteiger partial charge in [-0.1, -0.05) is 6.42 Å². The van der Waals surface area contributed by atoms with Gasteiger partial charge in [0.25, 0.3) is 10.2 Å². The first-order chi connectivity index (χ1) is 9.41. The van der Waals surface area contributed by atoms with Crippen molar-refractivity contribution in [3.8, 4) is 0 Å². The zero-order chi connectivity index (χ0) is 14.8. The van der Waals surface area contributed by atoms with Crippen LogP contribution in [0.1, 0.15) is 26.2 Å². The number of piperazine rings is 1. The normalized spacial score (nSPS) is 27.6. The van der Waals surface area contributed by atoms with Crippen LogP contribution >= 0.6 is 0 Å². The number of nitrogens with two attached hydrogens (primary N) is 1. The molecule has 7 nitrogen and oxygen atoms in total. The maximum absolute atomic E-state index is 12.6. The van der Waals surface area contributed by atoms with Crippen molar-refractivity contribution < 1.29 is 8.42 Å². The monoisotopic (exact) mass is 303 g/mol. The van der Waals surface area contributed by atoms with Crippen LogP contribution in [-0.2, 0) is 10.2 Å². The van der Waals surface area contributed by atoms with Gasteiger partial charge in [-0.25, -0.2) is 0 Å². The van der Waals surface area contributed by atoms with Gasteiger partial charge >= 0.3 is 0 Å². The molecule has 2 saturated heterocycles. The smallest absolute Gasteiger partial charge is 0.282 e. The van der Waals surface area contributed by atoms with Crippen LogP contribution in [0.4, 0.5) is 0 Å². The molecular weight excluding hydrogens is 278 g/mol. The molecular formula is C12H25N5O2S. The molecule has 0 bridgehead atoms. The second-order valence-corrected chi connectivity index (χ2v) is 7.54. The zero-order valence-electron chi connectivity index (χ0n) is 12.1. The summed E-state index contributed by atoms with van der Waals surface area (Å²) < 4.78 is 28.5. The van der Waals surface area contributed by atoms with E-state index in [0.717, 1.165) is 19.3 Å². The lowest BCUT2D eigenvalue weighted by Gasteiger charge is -2.39. The van der Waals surface area contributed by atoms with E-state index in [4.69, 9.17) is 11.1 Å². The molecule has 2 aliphatic heterocycles. The van der Waals surface area contributed by atoms with Crippen LogP contribution in [0.3, 0.4) is 0 Å². The first kappa shape index (κ1) is 15.7. The molecule has 0 saturated carbocycles. The third kappa shape index (κ3) is 3.49. The molecule has 2 rings (SSSR count). The van der Waals surface area contributed by atoms with E-state index in [1.807, 2.05) is 11.8 Å². The second-order valence-electron chi connectivity index (χ2n) is 5.66. The summed E-state index contributed by atoms with van der Waals surface area (Å²) in [5.74, 6) is 0.131. The lowest BCUT2D eigenvalue weighted by Crippen LogP contribution is -2.56. The van der Waals surface area contributed by atoms with Crippen molar-refractivity contribution in [2.75, 3.05) is 39.3 Å². The molecule has 0 aromatic heterocycles. The number of piperidine rings is 1. The third-order valence-electron chi connectivity index (χ3n) is 4.09. The Kier molecular flexibility index (Phi) is 5.00. The van der Waals surface area contributed by atoms with Crippen molar-refractivity contribution in [2.24, 2.45) is 5.73 Å². The average molecular weight is 303 g/mol. The van der Waals surface area contributed by atoms with Gasteiger partial charge in [0.05, 0.1) is 6.54 Å². The van der Waals surface area contributed by atoms with Crippen LogP contribution in [0.15, 0.2) is 0 Å². The summed E-state index contributed by atoms with van der Waals surface area (Å²) in [7, 11) is -3.33. The topological polar surface area (TPSA) is 93.7 Å². The highest BCUT2D eigenvalue weighted by Crippen LogP contribution is 2.22. The van der Waals surface area contributed by atoms with Gasteiger partial charge in [-0.2, -0.15) is 17.0 Å². The first-order valence-corrected chi connectivity index (χ1v) is 8.63. The van der Waals surface area contributed by atoms with E-state index in [0.29, 0.717) is 39.3 Å². The van der Waals surface area contributed by atoms with E-state index >= 15 is 0 Å². The van der Waals surface area contributed by atoms with Crippen LogP contribution in [-0.4, -0.2) is 73.1 Å². The molecule has 0 aromatic rings. The molecule has 20 heavy (non-hydrogen) atoms. The molecule has 0 aromatic carbocycles. The highest BCUT2D eigenvalue weighted by molar-refractivity contribution is 7.86. The fourth-order valence-electron chi connectivity index (χ4n) is 2.92. The molecule has 0 radical (unpaired) electrons. The molecule has 3 N–H and O–H groups in total. The largest absolute Gasteiger partial charge is 0.387 e. The Morgan fingerprint density at radius 3 is 2.40 bits per heavy atom. The number of amidine groups is 1. The molecule has 0 amide bonds. The van der Waals surface area contributed by atoms with E-state index < -0.39 is 10.2 Å². The standard InChI is InChI=1S/C12H25N5O2S/c1-11-4-2-3-5-17(11)20(18,19)16-8-6-15(7-9-16)10-12(13)14/h11H,2-10H2,1H3,(H3,13,14). The summed E-state index contributed by atoms with van der Waals surface area (Å²) in [6.45, 7) is 5.30. The van der Waals surface area contributed by atoms with Gasteiger partial charge in [0.2, 0.25) is 0 Å². The first-order valence-electron chi connectivity index (χ1n) is 7.23. The van der Waals surface area contributed by atoms with Crippen molar-refractivity contribution in [2.45, 2.75) is 32.2 Å². The zero-order valence-corrected chi connectivity index (χ0v) is 12.9. The predicted molar refractivity (Wildman–Crippen MR) is 78.9 cm³/mol. The average Bonchev–Trinajstić information content (AvgIpc) is 2.39. The molecule has 1 atom stereocenters. The second kappa shape index (κ2) is 6.38. The van der Waals surface area contributed by atoms with Gasteiger partial charge in [0.15, 0.2) is 0 Å². The minimum absolute atomic E-state index is 0.101. The summed E-state index contributed by atoms with van der Waals surface area (Å²) in [4.78, 5) is 2.02. The van der Waals surface area contributed by atoms with Crippen molar-refractivity contribution >= 4 is 16.0 Å². The molecule has 2 aliphatic rings. The van der Waals surface area contributed by atoms with Crippen LogP contribution in [0.2, 0.25) is 0 Å². The summed E-state index contributed by atoms with van der Waals surface area (Å²) >= 11 is 0. The Labute approximate surface area is 121 Å². The van der Waals surface area contributed by atoms with Gasteiger partial charge in [0.1, 0.15) is 5.84 Å². The molecule has 0 spiro atoms. The summed E-state index contributed by atoms with van der Waals surface area (Å²) in [5.41, 5.74) is 5.38. The molecule has 116 valence electrons. The van der Waals surface area contributed by atoms with Crippen molar-refractivity contribution in [3.05, 3.63) is 0 Å². The highest BCUT2D eigenvalue weighted by atomic mass is 32.2. The number of nitrogens with one attached hydrogen (secondary N) is 1. The van der Waals surface area contributed by atoms with Crippen molar-refractivity contribution in [1.29, 1.82) is 5.41 Å². The Hall–Kier alpha value is -0.700. The van der Waals surface area contributed by atoms with E-state index in [1.165, 1.54) is 0 Å². The van der Waals surface area contributed by atoms with Crippen LogP contribution < -0.4 is 5.73 Å². The molecule has 0 aliphatic carbocycles. The molecule has 2 heterocycles. The quantitative estimate of drug-likeness (QED) is 0.549. The van der Waals surface area contributed by atoms with Gasteiger partial charge in [-0.15, -0.1) is 0 Å². The summed E-state index contributed by atoms with van der Waals surface area (Å²) in [6, 6.07) is 0.101. The van der Waals surface area contributed by atoms with Gasteiger partial charge in [-0.05, 0) is 19.8 Å². The summed E-state index contributed by atoms with van der Waals surface area (Å²) in [5, 5.41) is 7.29. The minimum Gasteiger partial charge on any atom is -0.387 e. The number of nitrogens with zero attached hydrogens (tertiary/aromatic N) is 3. The van der Waals surface area contributed by atoms with Gasteiger partial charge < -0.3 is 5.73 Å². The lowest BCUT2D eigenvalue weighted by atomic mass is 10.1. The Morgan fingerprint density at radius 2 is 1.85 bits per heavy atom. The third-order valence-corrected chi connectivity index (χ3v) is 6.24. The van der Waals surface area contributed by atoms with E-state index in [2.05, 4.69) is 0 Å². The Morgan fingerprint density at radius 1 is 1.20 bits per heavy atom. The number of hydrogen-bond acceptors (Lipinski definition) is 4. The maximum Gasteiger partial charge on any atom is 0.282 e. The van der Waals surface area contributed by atoms with Gasteiger partial charge in [0, 0.05) is 38.8 Å². The predicted octanol–water partition coefficient (Wildman–Crippen LogP) is -0.341. The van der Waals surface area contributed by atoms with Crippen molar-refractivity contribution in [1.82, 2.24) is 13.5 Å².